The van der Waals surface area contributed by atoms with E-state index in [2.05, 4.69) is 32.3 Å². The molecule has 0 aliphatic heterocycles. The summed E-state index contributed by atoms with van der Waals surface area (Å²) >= 11 is 0. The van der Waals surface area contributed by atoms with E-state index in [4.69, 9.17) is 10.3 Å². The molecule has 4 rings (SSSR count). The summed E-state index contributed by atoms with van der Waals surface area (Å²) in [5, 5.41) is 10.1. The van der Waals surface area contributed by atoms with E-state index in [0.717, 1.165) is 22.2 Å². The fraction of sp³-hybridized carbons (Fsp3) is 0.217. The maximum atomic E-state index is 12.3. The predicted molar refractivity (Wildman–Crippen MR) is 125 cm³/mol. The molecule has 0 saturated carbocycles. The van der Waals surface area contributed by atoms with Crippen LogP contribution in [0.5, 0.6) is 0 Å². The van der Waals surface area contributed by atoms with Crippen molar-refractivity contribution < 1.29 is 9.32 Å². The van der Waals surface area contributed by atoms with Gasteiger partial charge in [0.1, 0.15) is 23.6 Å². The number of nitrogens with one attached hydrogen (secondary N) is 2. The molecule has 0 bridgehead atoms. The van der Waals surface area contributed by atoms with E-state index in [1.165, 1.54) is 6.33 Å². The lowest BCUT2D eigenvalue weighted by molar-refractivity contribution is 0.262. The van der Waals surface area contributed by atoms with Gasteiger partial charge in [0.05, 0.1) is 5.39 Å². The van der Waals surface area contributed by atoms with Crippen LogP contribution in [0.1, 0.15) is 26.5 Å². The van der Waals surface area contributed by atoms with Gasteiger partial charge in [-0.2, -0.15) is 0 Å². The standard InChI is InChI=1S/C23H25N7O2/c1-5-10-30-12-16(19-20(24)25-13-26-21(19)30)14-6-8-15(9-7-14)27-22(31)28-18-11-17(32-29-18)23(2,3)4/h5-9,11-13H,1,10H2,2-4H3,(H2,24,25,26)(H2,27,28,29,31). The molecule has 164 valence electrons. The second-order valence-corrected chi connectivity index (χ2v) is 8.42. The van der Waals surface area contributed by atoms with Crippen molar-refractivity contribution in [2.75, 3.05) is 16.4 Å². The lowest BCUT2D eigenvalue weighted by Crippen LogP contribution is -2.19. The second-order valence-electron chi connectivity index (χ2n) is 8.42. The van der Waals surface area contributed by atoms with Crippen molar-refractivity contribution in [3.63, 3.8) is 0 Å². The number of benzene rings is 1. The number of urea groups is 1. The average Bonchev–Trinajstić information content (AvgIpc) is 3.35. The summed E-state index contributed by atoms with van der Waals surface area (Å²) < 4.78 is 7.26. The quantitative estimate of drug-likeness (QED) is 0.390. The molecule has 4 aromatic rings. The lowest BCUT2D eigenvalue weighted by atomic mass is 9.93. The number of hydrogen-bond donors (Lipinski definition) is 3. The zero-order valence-corrected chi connectivity index (χ0v) is 18.2. The molecule has 0 atom stereocenters. The summed E-state index contributed by atoms with van der Waals surface area (Å²) in [6, 6.07) is 8.75. The van der Waals surface area contributed by atoms with Crippen LogP contribution >= 0.6 is 0 Å². The summed E-state index contributed by atoms with van der Waals surface area (Å²) in [7, 11) is 0. The van der Waals surface area contributed by atoms with E-state index in [0.29, 0.717) is 29.6 Å². The number of nitrogen functional groups attached to an aromatic ring is 1. The van der Waals surface area contributed by atoms with Crippen LogP contribution in [0, 0.1) is 0 Å². The van der Waals surface area contributed by atoms with Gasteiger partial charge >= 0.3 is 6.03 Å². The Morgan fingerprint density at radius 3 is 2.62 bits per heavy atom. The number of rotatable bonds is 5. The monoisotopic (exact) mass is 431 g/mol. The van der Waals surface area contributed by atoms with Crippen LogP contribution in [0.15, 0.2) is 60.0 Å². The molecule has 9 heteroatoms. The molecule has 0 radical (unpaired) electrons. The van der Waals surface area contributed by atoms with Crippen LogP contribution in [0.4, 0.5) is 22.1 Å². The summed E-state index contributed by atoms with van der Waals surface area (Å²) in [5.41, 5.74) is 9.15. The molecule has 3 heterocycles. The molecule has 0 aliphatic rings. The number of anilines is 3. The van der Waals surface area contributed by atoms with Crippen molar-refractivity contribution in [1.82, 2.24) is 19.7 Å². The molecule has 4 N–H and O–H groups in total. The minimum atomic E-state index is -0.410. The maximum Gasteiger partial charge on any atom is 0.324 e. The Labute approximate surface area is 185 Å². The maximum absolute atomic E-state index is 12.3. The molecule has 3 aromatic heterocycles. The van der Waals surface area contributed by atoms with Gasteiger partial charge in [0, 0.05) is 35.5 Å². The number of nitrogens with zero attached hydrogens (tertiary/aromatic N) is 4. The number of nitrogens with two attached hydrogens (primary N) is 1. The van der Waals surface area contributed by atoms with Crippen LogP contribution in [-0.4, -0.2) is 25.7 Å². The first-order valence-electron chi connectivity index (χ1n) is 10.1. The molecular weight excluding hydrogens is 406 g/mol. The van der Waals surface area contributed by atoms with Gasteiger partial charge in [0.25, 0.3) is 0 Å². The lowest BCUT2D eigenvalue weighted by Gasteiger charge is -2.12. The van der Waals surface area contributed by atoms with Gasteiger partial charge in [0.2, 0.25) is 0 Å². The normalized spacial score (nSPS) is 11.5. The molecule has 2 amide bonds. The van der Waals surface area contributed by atoms with Gasteiger partial charge < -0.3 is 20.1 Å². The molecule has 0 fully saturated rings. The summed E-state index contributed by atoms with van der Waals surface area (Å²) in [5.74, 6) is 1.46. The SMILES string of the molecule is C=CCn1cc(-c2ccc(NC(=O)Nc3cc(C(C)(C)C)on3)cc2)c2c(N)ncnc21. The highest BCUT2D eigenvalue weighted by molar-refractivity contribution is 6.02. The molecule has 0 aliphatic carbocycles. The number of carbonyl (C=O) groups excluding carboxylic acids is 1. The fourth-order valence-electron chi connectivity index (χ4n) is 3.34. The predicted octanol–water partition coefficient (Wildman–Crippen LogP) is 4.80. The number of aromatic nitrogens is 4. The van der Waals surface area contributed by atoms with Crippen molar-refractivity contribution in [2.24, 2.45) is 0 Å². The Kier molecular flexibility index (Phi) is 5.40. The fourth-order valence-corrected chi connectivity index (χ4v) is 3.34. The number of amides is 2. The zero-order valence-electron chi connectivity index (χ0n) is 18.2. The highest BCUT2D eigenvalue weighted by Gasteiger charge is 2.20. The first-order chi connectivity index (χ1) is 15.3. The third kappa shape index (κ3) is 4.18. The minimum Gasteiger partial charge on any atom is -0.383 e. The Balaban J connectivity index is 1.52. The summed E-state index contributed by atoms with van der Waals surface area (Å²) in [6.45, 7) is 10.4. The molecular formula is C23H25N7O2. The van der Waals surface area contributed by atoms with E-state index >= 15 is 0 Å². The van der Waals surface area contributed by atoms with Crippen LogP contribution in [0.3, 0.4) is 0 Å². The Morgan fingerprint density at radius 2 is 1.97 bits per heavy atom. The highest BCUT2D eigenvalue weighted by atomic mass is 16.5. The van der Waals surface area contributed by atoms with Crippen LogP contribution < -0.4 is 16.4 Å². The van der Waals surface area contributed by atoms with Gasteiger partial charge in [-0.05, 0) is 17.7 Å². The van der Waals surface area contributed by atoms with E-state index in [1.807, 2.05) is 55.8 Å². The van der Waals surface area contributed by atoms with Crippen molar-refractivity contribution >= 4 is 34.4 Å². The summed E-state index contributed by atoms with van der Waals surface area (Å²) in [4.78, 5) is 20.8. The Morgan fingerprint density at radius 1 is 1.22 bits per heavy atom. The Bertz CT molecular complexity index is 1280. The summed E-state index contributed by atoms with van der Waals surface area (Å²) in [6.07, 6.45) is 5.22. The van der Waals surface area contributed by atoms with Crippen molar-refractivity contribution in [2.45, 2.75) is 32.7 Å². The first kappa shape index (κ1) is 21.1. The third-order valence-electron chi connectivity index (χ3n) is 4.95. The highest BCUT2D eigenvalue weighted by Crippen LogP contribution is 2.33. The van der Waals surface area contributed by atoms with Crippen LogP contribution in [0.25, 0.3) is 22.2 Å². The van der Waals surface area contributed by atoms with E-state index in [-0.39, 0.29) is 5.41 Å². The molecule has 0 unspecified atom stereocenters. The van der Waals surface area contributed by atoms with E-state index in [9.17, 15) is 4.79 Å². The van der Waals surface area contributed by atoms with Crippen molar-refractivity contribution in [1.29, 1.82) is 0 Å². The van der Waals surface area contributed by atoms with Crippen LogP contribution in [-0.2, 0) is 12.0 Å². The topological polar surface area (TPSA) is 124 Å². The first-order valence-corrected chi connectivity index (χ1v) is 10.1. The molecule has 0 spiro atoms. The van der Waals surface area contributed by atoms with Gasteiger partial charge in [-0.1, -0.05) is 44.1 Å². The average molecular weight is 432 g/mol. The van der Waals surface area contributed by atoms with Gasteiger partial charge in [-0.15, -0.1) is 6.58 Å². The number of carbonyl (C=O) groups is 1. The molecule has 9 nitrogen and oxygen atoms in total. The minimum absolute atomic E-state index is 0.192. The third-order valence-corrected chi connectivity index (χ3v) is 4.95. The second kappa shape index (κ2) is 8.18. The van der Waals surface area contributed by atoms with Gasteiger partial charge in [-0.25, -0.2) is 14.8 Å². The molecule has 32 heavy (non-hydrogen) atoms. The van der Waals surface area contributed by atoms with Crippen molar-refractivity contribution in [3.05, 3.63) is 61.3 Å². The Hall–Kier alpha value is -4.14. The molecule has 1 aromatic carbocycles. The van der Waals surface area contributed by atoms with E-state index in [1.54, 1.807) is 12.1 Å². The largest absolute Gasteiger partial charge is 0.383 e. The van der Waals surface area contributed by atoms with Crippen molar-refractivity contribution in [3.8, 4) is 11.1 Å². The smallest absolute Gasteiger partial charge is 0.324 e. The number of hydrogen-bond acceptors (Lipinski definition) is 6. The molecule has 0 saturated heterocycles. The zero-order chi connectivity index (χ0) is 22.9. The number of allylic oxidation sites excluding steroid dienone is 1. The number of fused-ring (bicyclic) bond motifs is 1. The van der Waals surface area contributed by atoms with Gasteiger partial charge in [0.15, 0.2) is 5.82 Å². The van der Waals surface area contributed by atoms with Gasteiger partial charge in [-0.3, -0.25) is 5.32 Å². The van der Waals surface area contributed by atoms with Crippen LogP contribution in [0.2, 0.25) is 0 Å². The van der Waals surface area contributed by atoms with E-state index < -0.39 is 6.03 Å².